The first-order chi connectivity index (χ1) is 15.8. The Kier molecular flexibility index (Phi) is 5.98. The topological polar surface area (TPSA) is 79.7 Å². The lowest BCUT2D eigenvalue weighted by Crippen LogP contribution is -2.39. The van der Waals surface area contributed by atoms with Crippen molar-refractivity contribution in [3.05, 3.63) is 72.7 Å². The van der Waals surface area contributed by atoms with Gasteiger partial charge in [0.15, 0.2) is 0 Å². The number of hydrogen-bond donors (Lipinski definition) is 3. The van der Waals surface area contributed by atoms with Crippen LogP contribution in [0.2, 0.25) is 0 Å². The van der Waals surface area contributed by atoms with E-state index in [0.717, 1.165) is 35.6 Å². The lowest BCUT2D eigenvalue weighted by molar-refractivity contribution is 0.414. The van der Waals surface area contributed by atoms with E-state index < -0.39 is 0 Å². The van der Waals surface area contributed by atoms with Gasteiger partial charge in [0, 0.05) is 24.5 Å². The fourth-order valence-corrected chi connectivity index (χ4v) is 4.22. The van der Waals surface area contributed by atoms with Crippen molar-refractivity contribution >= 4 is 22.7 Å². The number of imidazole rings is 1. The molecule has 2 aromatic carbocycles. The summed E-state index contributed by atoms with van der Waals surface area (Å²) in [5, 5.41) is 10.5. The molecule has 0 bridgehead atoms. The van der Waals surface area contributed by atoms with Crippen LogP contribution in [-0.2, 0) is 0 Å². The Bertz CT molecular complexity index is 1170. The fraction of sp³-hybridized carbons (Fsp3) is 0.320. The molecule has 2 unspecified atom stereocenters. The summed E-state index contributed by atoms with van der Waals surface area (Å²) in [6.45, 7) is 4.16. The summed E-state index contributed by atoms with van der Waals surface area (Å²) in [5.41, 5.74) is 4.25. The number of rotatable bonds is 7. The average molecular weight is 428 g/mol. The highest BCUT2D eigenvalue weighted by molar-refractivity contribution is 5.81. The van der Waals surface area contributed by atoms with Crippen LogP contribution in [0.5, 0.6) is 0 Å². The van der Waals surface area contributed by atoms with Crippen molar-refractivity contribution in [1.29, 1.82) is 0 Å². The zero-order chi connectivity index (χ0) is 21.8. The van der Waals surface area contributed by atoms with Gasteiger partial charge in [0.25, 0.3) is 0 Å². The van der Waals surface area contributed by atoms with Crippen LogP contribution in [0.25, 0.3) is 16.9 Å². The van der Waals surface area contributed by atoms with Crippen molar-refractivity contribution in [2.24, 2.45) is 0 Å². The molecular weight excluding hydrogens is 398 g/mol. The Hall–Kier alpha value is -3.45. The van der Waals surface area contributed by atoms with Gasteiger partial charge in [0.05, 0.1) is 17.1 Å². The number of hydrogen-bond acceptors (Lipinski definition) is 6. The van der Waals surface area contributed by atoms with Gasteiger partial charge in [-0.3, -0.25) is 4.57 Å². The monoisotopic (exact) mass is 427 g/mol. The summed E-state index contributed by atoms with van der Waals surface area (Å²) in [7, 11) is 0. The van der Waals surface area contributed by atoms with Crippen LogP contribution in [0, 0.1) is 0 Å². The zero-order valence-electron chi connectivity index (χ0n) is 18.3. The van der Waals surface area contributed by atoms with Crippen molar-refractivity contribution in [3.8, 4) is 5.82 Å². The van der Waals surface area contributed by atoms with Crippen LogP contribution >= 0.6 is 0 Å². The van der Waals surface area contributed by atoms with E-state index >= 15 is 0 Å². The van der Waals surface area contributed by atoms with Gasteiger partial charge in [-0.25, -0.2) is 9.97 Å². The number of aromatic nitrogens is 4. The van der Waals surface area contributed by atoms with Crippen LogP contribution < -0.4 is 16.0 Å². The molecule has 3 N–H and O–H groups in total. The van der Waals surface area contributed by atoms with E-state index in [2.05, 4.69) is 63.2 Å². The zero-order valence-corrected chi connectivity index (χ0v) is 18.3. The molecular formula is C25H29N7. The minimum Gasteiger partial charge on any atom is -0.383 e. The van der Waals surface area contributed by atoms with Crippen molar-refractivity contribution in [2.45, 2.75) is 38.3 Å². The number of fused-ring (bicyclic) bond motifs is 1. The molecule has 1 fully saturated rings. The van der Waals surface area contributed by atoms with E-state index in [1.807, 2.05) is 35.2 Å². The van der Waals surface area contributed by atoms with Gasteiger partial charge >= 0.3 is 0 Å². The molecule has 4 aromatic rings. The van der Waals surface area contributed by atoms with Gasteiger partial charge in [0.2, 0.25) is 5.95 Å². The Balaban J connectivity index is 1.31. The maximum atomic E-state index is 4.73. The van der Waals surface area contributed by atoms with Crippen molar-refractivity contribution in [2.75, 3.05) is 23.7 Å². The minimum atomic E-state index is 0.110. The molecule has 1 aliphatic heterocycles. The van der Waals surface area contributed by atoms with E-state index in [-0.39, 0.29) is 6.04 Å². The summed E-state index contributed by atoms with van der Waals surface area (Å²) in [6, 6.07) is 19.2. The summed E-state index contributed by atoms with van der Waals surface area (Å²) in [4.78, 5) is 13.7. The molecule has 7 nitrogen and oxygen atoms in total. The predicted octanol–water partition coefficient (Wildman–Crippen LogP) is 4.54. The van der Waals surface area contributed by atoms with E-state index in [1.54, 1.807) is 6.20 Å². The van der Waals surface area contributed by atoms with Gasteiger partial charge in [0.1, 0.15) is 12.1 Å². The van der Waals surface area contributed by atoms with E-state index in [0.29, 0.717) is 12.0 Å². The molecule has 0 spiro atoms. The average Bonchev–Trinajstić information content (AvgIpc) is 3.27. The standard InChI is InChI=1S/C25H29N7/c1-18(19-7-3-2-4-8-19)30-25-27-14-12-24(31-25)32-17-29-22-15-20(10-11-23(22)32)28-16-21-9-5-6-13-26-21/h2-4,7-8,10-12,14-15,17-18,21,26,28H,5-6,9,13,16H2,1H3,(H,27,30,31). The normalized spacial score (nSPS) is 17.2. The molecule has 164 valence electrons. The van der Waals surface area contributed by atoms with Gasteiger partial charge in [-0.2, -0.15) is 4.98 Å². The second-order valence-corrected chi connectivity index (χ2v) is 8.36. The van der Waals surface area contributed by atoms with Crippen LogP contribution in [0.3, 0.4) is 0 Å². The summed E-state index contributed by atoms with van der Waals surface area (Å²) in [6.07, 6.45) is 7.43. The molecule has 0 saturated carbocycles. The Morgan fingerprint density at radius 2 is 2.00 bits per heavy atom. The van der Waals surface area contributed by atoms with Crippen molar-refractivity contribution in [3.63, 3.8) is 0 Å². The third-order valence-corrected chi connectivity index (χ3v) is 6.05. The quantitative estimate of drug-likeness (QED) is 0.402. The van der Waals surface area contributed by atoms with Crippen LogP contribution in [-0.4, -0.2) is 38.7 Å². The molecule has 3 heterocycles. The minimum absolute atomic E-state index is 0.110. The number of nitrogens with one attached hydrogen (secondary N) is 3. The smallest absolute Gasteiger partial charge is 0.225 e. The number of benzene rings is 2. The predicted molar refractivity (Wildman–Crippen MR) is 129 cm³/mol. The second kappa shape index (κ2) is 9.36. The van der Waals surface area contributed by atoms with Crippen molar-refractivity contribution in [1.82, 2.24) is 24.8 Å². The maximum Gasteiger partial charge on any atom is 0.225 e. The van der Waals surface area contributed by atoms with E-state index in [1.165, 1.54) is 24.8 Å². The van der Waals surface area contributed by atoms with Crippen LogP contribution in [0.1, 0.15) is 37.8 Å². The largest absolute Gasteiger partial charge is 0.383 e. The maximum absolute atomic E-state index is 4.73. The molecule has 32 heavy (non-hydrogen) atoms. The lowest BCUT2D eigenvalue weighted by Gasteiger charge is -2.24. The molecule has 0 radical (unpaired) electrons. The molecule has 1 aliphatic rings. The third-order valence-electron chi connectivity index (χ3n) is 6.05. The highest BCUT2D eigenvalue weighted by atomic mass is 15.2. The fourth-order valence-electron chi connectivity index (χ4n) is 4.22. The first-order valence-electron chi connectivity index (χ1n) is 11.4. The molecule has 2 atom stereocenters. The molecule has 1 saturated heterocycles. The Labute approximate surface area is 188 Å². The number of anilines is 2. The summed E-state index contributed by atoms with van der Waals surface area (Å²) >= 11 is 0. The van der Waals surface area contributed by atoms with Crippen LogP contribution in [0.15, 0.2) is 67.1 Å². The number of nitrogens with zero attached hydrogens (tertiary/aromatic N) is 4. The molecule has 0 amide bonds. The molecule has 0 aliphatic carbocycles. The summed E-state index contributed by atoms with van der Waals surface area (Å²) in [5.74, 6) is 1.39. The highest BCUT2D eigenvalue weighted by Gasteiger charge is 2.13. The van der Waals surface area contributed by atoms with Crippen LogP contribution in [0.4, 0.5) is 11.6 Å². The second-order valence-electron chi connectivity index (χ2n) is 8.36. The first kappa shape index (κ1) is 20.5. The molecule has 5 rings (SSSR count). The van der Waals surface area contributed by atoms with Crippen molar-refractivity contribution < 1.29 is 0 Å². The van der Waals surface area contributed by atoms with E-state index in [9.17, 15) is 0 Å². The van der Waals surface area contributed by atoms with Gasteiger partial charge in [-0.05, 0) is 56.1 Å². The first-order valence-corrected chi connectivity index (χ1v) is 11.4. The van der Waals surface area contributed by atoms with E-state index in [4.69, 9.17) is 4.98 Å². The Morgan fingerprint density at radius 1 is 1.09 bits per heavy atom. The third kappa shape index (κ3) is 4.57. The van der Waals surface area contributed by atoms with Gasteiger partial charge < -0.3 is 16.0 Å². The van der Waals surface area contributed by atoms with Gasteiger partial charge in [-0.15, -0.1) is 0 Å². The SMILES string of the molecule is CC(Nc1nccc(-n2cnc3cc(NCC4CCCCN4)ccc32)n1)c1ccccc1. The summed E-state index contributed by atoms with van der Waals surface area (Å²) < 4.78 is 2.00. The Morgan fingerprint density at radius 3 is 2.84 bits per heavy atom. The highest BCUT2D eigenvalue weighted by Crippen LogP contribution is 2.22. The molecule has 7 heteroatoms. The van der Waals surface area contributed by atoms with Gasteiger partial charge in [-0.1, -0.05) is 36.8 Å². The lowest BCUT2D eigenvalue weighted by atomic mass is 10.1. The molecule has 2 aromatic heterocycles. The number of piperidine rings is 1.